The minimum absolute atomic E-state index is 0.138. The van der Waals surface area contributed by atoms with Gasteiger partial charge in [0.1, 0.15) is 5.75 Å². The van der Waals surface area contributed by atoms with Crippen molar-refractivity contribution >= 4 is 21.4 Å². The molecule has 0 amide bonds. The standard InChI is InChI=1S/C20H25N3O4S/c1-3-27-19-8-10-20(11-9-19)28(24,25)22-21-16(2)17-4-6-18(7-5-17)23-12-14-26-15-13-23/h4-11,21-22H,2-3,12-15H2,1H3. The van der Waals surface area contributed by atoms with Crippen molar-refractivity contribution in [1.82, 2.24) is 10.3 Å². The van der Waals surface area contributed by atoms with Gasteiger partial charge in [0.15, 0.2) is 0 Å². The third-order valence-electron chi connectivity index (χ3n) is 4.37. The summed E-state index contributed by atoms with van der Waals surface area (Å²) in [4.78, 5) is 4.74. The maximum Gasteiger partial charge on any atom is 0.257 e. The van der Waals surface area contributed by atoms with Crippen molar-refractivity contribution in [2.75, 3.05) is 37.8 Å². The molecule has 2 N–H and O–H groups in total. The molecule has 150 valence electrons. The summed E-state index contributed by atoms with van der Waals surface area (Å²) in [5.41, 5.74) is 5.04. The van der Waals surface area contributed by atoms with E-state index in [1.165, 1.54) is 12.1 Å². The van der Waals surface area contributed by atoms with Gasteiger partial charge in [0.05, 0.1) is 24.7 Å². The van der Waals surface area contributed by atoms with Gasteiger partial charge in [0, 0.05) is 24.5 Å². The van der Waals surface area contributed by atoms with Crippen molar-refractivity contribution in [3.63, 3.8) is 0 Å². The molecule has 3 rings (SSSR count). The highest BCUT2D eigenvalue weighted by molar-refractivity contribution is 7.89. The van der Waals surface area contributed by atoms with E-state index in [1.54, 1.807) is 12.1 Å². The number of benzene rings is 2. The number of hydrogen-bond acceptors (Lipinski definition) is 6. The molecule has 1 aliphatic rings. The molecule has 0 aliphatic carbocycles. The number of nitrogens with one attached hydrogen (secondary N) is 2. The van der Waals surface area contributed by atoms with E-state index in [0.717, 1.165) is 37.6 Å². The second-order valence-corrected chi connectivity index (χ2v) is 7.94. The van der Waals surface area contributed by atoms with Gasteiger partial charge in [0.25, 0.3) is 10.0 Å². The quantitative estimate of drug-likeness (QED) is 0.659. The monoisotopic (exact) mass is 403 g/mol. The van der Waals surface area contributed by atoms with Crippen LogP contribution in [0, 0.1) is 0 Å². The van der Waals surface area contributed by atoms with Gasteiger partial charge in [-0.2, -0.15) is 0 Å². The molecule has 0 radical (unpaired) electrons. The highest BCUT2D eigenvalue weighted by Crippen LogP contribution is 2.19. The van der Waals surface area contributed by atoms with Crippen molar-refractivity contribution in [2.24, 2.45) is 0 Å². The van der Waals surface area contributed by atoms with E-state index in [4.69, 9.17) is 9.47 Å². The molecule has 1 saturated heterocycles. The SMILES string of the molecule is C=C(NNS(=O)(=O)c1ccc(OCC)cc1)c1ccc(N2CCOCC2)cc1. The summed E-state index contributed by atoms with van der Waals surface area (Å²) in [6, 6.07) is 14.0. The fraction of sp³-hybridized carbons (Fsp3) is 0.300. The average molecular weight is 404 g/mol. The zero-order valence-electron chi connectivity index (χ0n) is 15.8. The van der Waals surface area contributed by atoms with Gasteiger partial charge in [-0.25, -0.2) is 8.42 Å². The van der Waals surface area contributed by atoms with E-state index >= 15 is 0 Å². The lowest BCUT2D eigenvalue weighted by Crippen LogP contribution is -2.36. The fourth-order valence-electron chi connectivity index (χ4n) is 2.84. The van der Waals surface area contributed by atoms with Crippen LogP contribution in [0.2, 0.25) is 0 Å². The van der Waals surface area contributed by atoms with Crippen LogP contribution in [0.15, 0.2) is 60.0 Å². The summed E-state index contributed by atoms with van der Waals surface area (Å²) in [6.07, 6.45) is 0. The van der Waals surface area contributed by atoms with Gasteiger partial charge >= 0.3 is 0 Å². The summed E-state index contributed by atoms with van der Waals surface area (Å²) >= 11 is 0. The van der Waals surface area contributed by atoms with Crippen LogP contribution in [0.1, 0.15) is 12.5 Å². The second kappa shape index (κ2) is 9.09. The van der Waals surface area contributed by atoms with Crippen molar-refractivity contribution in [3.8, 4) is 5.75 Å². The molecule has 0 unspecified atom stereocenters. The molecule has 2 aromatic carbocycles. The molecular formula is C20H25N3O4S. The third-order valence-corrected chi connectivity index (χ3v) is 5.64. The third kappa shape index (κ3) is 5.03. The molecule has 2 aromatic rings. The normalized spacial score (nSPS) is 14.5. The lowest BCUT2D eigenvalue weighted by Gasteiger charge is -2.29. The zero-order chi connectivity index (χ0) is 20.0. The maximum absolute atomic E-state index is 12.4. The number of nitrogens with zero attached hydrogens (tertiary/aromatic N) is 1. The van der Waals surface area contributed by atoms with Gasteiger partial charge in [0.2, 0.25) is 0 Å². The molecule has 28 heavy (non-hydrogen) atoms. The van der Waals surface area contributed by atoms with E-state index < -0.39 is 10.0 Å². The summed E-state index contributed by atoms with van der Waals surface area (Å²) < 4.78 is 35.5. The zero-order valence-corrected chi connectivity index (χ0v) is 16.7. The van der Waals surface area contributed by atoms with Crippen LogP contribution >= 0.6 is 0 Å². The summed E-state index contributed by atoms with van der Waals surface area (Å²) in [5.74, 6) is 0.624. The van der Waals surface area contributed by atoms with Gasteiger partial charge in [-0.1, -0.05) is 18.7 Å². The molecule has 7 nitrogen and oxygen atoms in total. The smallest absolute Gasteiger partial charge is 0.257 e. The van der Waals surface area contributed by atoms with Gasteiger partial charge < -0.3 is 19.8 Å². The fourth-order valence-corrected chi connectivity index (χ4v) is 3.71. The Morgan fingerprint density at radius 2 is 1.75 bits per heavy atom. The first-order valence-corrected chi connectivity index (χ1v) is 10.6. The average Bonchev–Trinajstić information content (AvgIpc) is 2.73. The topological polar surface area (TPSA) is 79.9 Å². The minimum atomic E-state index is -3.72. The van der Waals surface area contributed by atoms with Gasteiger partial charge in [-0.15, -0.1) is 4.83 Å². The Morgan fingerprint density at radius 3 is 2.36 bits per heavy atom. The second-order valence-electron chi connectivity index (χ2n) is 6.26. The van der Waals surface area contributed by atoms with E-state index in [-0.39, 0.29) is 4.90 Å². The molecule has 0 saturated carbocycles. The molecule has 0 aromatic heterocycles. The Balaban J connectivity index is 1.59. The van der Waals surface area contributed by atoms with Crippen LogP contribution in [0.4, 0.5) is 5.69 Å². The lowest BCUT2D eigenvalue weighted by atomic mass is 10.1. The number of ether oxygens (including phenoxy) is 2. The van der Waals surface area contributed by atoms with E-state index in [9.17, 15) is 8.42 Å². The largest absolute Gasteiger partial charge is 0.494 e. The molecule has 1 aliphatic heterocycles. The summed E-state index contributed by atoms with van der Waals surface area (Å²) in [7, 11) is -3.72. The van der Waals surface area contributed by atoms with Crippen LogP contribution in [0.25, 0.3) is 5.70 Å². The van der Waals surface area contributed by atoms with Crippen molar-refractivity contribution < 1.29 is 17.9 Å². The molecule has 1 heterocycles. The highest BCUT2D eigenvalue weighted by Gasteiger charge is 2.15. The molecule has 0 bridgehead atoms. The first kappa shape index (κ1) is 20.2. The number of anilines is 1. The Morgan fingerprint density at radius 1 is 1.11 bits per heavy atom. The summed E-state index contributed by atoms with van der Waals surface area (Å²) in [6.45, 7) is 9.48. The van der Waals surface area contributed by atoms with E-state index in [0.29, 0.717) is 18.1 Å². The Labute approximate surface area is 166 Å². The Hall–Kier alpha value is -2.55. The van der Waals surface area contributed by atoms with Crippen LogP contribution in [-0.4, -0.2) is 41.3 Å². The predicted octanol–water partition coefficient (Wildman–Crippen LogP) is 2.38. The number of sulfonamides is 1. The van der Waals surface area contributed by atoms with Crippen LogP contribution < -0.4 is 19.9 Å². The number of morpholine rings is 1. The number of hydrazine groups is 1. The van der Waals surface area contributed by atoms with E-state index in [2.05, 4.69) is 21.7 Å². The highest BCUT2D eigenvalue weighted by atomic mass is 32.2. The van der Waals surface area contributed by atoms with Crippen molar-refractivity contribution in [2.45, 2.75) is 11.8 Å². The Kier molecular flexibility index (Phi) is 6.56. The van der Waals surface area contributed by atoms with Gasteiger partial charge in [-0.05, 0) is 48.9 Å². The lowest BCUT2D eigenvalue weighted by molar-refractivity contribution is 0.122. The molecule has 1 fully saturated rings. The first-order valence-electron chi connectivity index (χ1n) is 9.12. The Bertz CT molecular complexity index is 890. The van der Waals surface area contributed by atoms with Gasteiger partial charge in [-0.3, -0.25) is 0 Å². The molecule has 8 heteroatoms. The van der Waals surface area contributed by atoms with E-state index in [1.807, 2.05) is 31.2 Å². The van der Waals surface area contributed by atoms with Crippen molar-refractivity contribution in [3.05, 3.63) is 60.7 Å². The summed E-state index contributed by atoms with van der Waals surface area (Å²) in [5, 5.41) is 0. The van der Waals surface area contributed by atoms with Crippen LogP contribution in [0.3, 0.4) is 0 Å². The maximum atomic E-state index is 12.4. The van der Waals surface area contributed by atoms with Crippen molar-refractivity contribution in [1.29, 1.82) is 0 Å². The van der Waals surface area contributed by atoms with Crippen LogP contribution in [-0.2, 0) is 14.8 Å². The number of rotatable bonds is 8. The molecular weight excluding hydrogens is 378 g/mol. The first-order chi connectivity index (χ1) is 13.5. The number of hydrogen-bond donors (Lipinski definition) is 2. The predicted molar refractivity (Wildman–Crippen MR) is 110 cm³/mol. The molecule has 0 atom stereocenters. The molecule has 0 spiro atoms. The minimum Gasteiger partial charge on any atom is -0.494 e. The van der Waals surface area contributed by atoms with Crippen LogP contribution in [0.5, 0.6) is 5.75 Å².